The van der Waals surface area contributed by atoms with E-state index in [0.717, 1.165) is 116 Å². The summed E-state index contributed by atoms with van der Waals surface area (Å²) in [5.74, 6) is -0.580. The van der Waals surface area contributed by atoms with Crippen LogP contribution < -0.4 is 0 Å². The molecule has 0 aliphatic heterocycles. The van der Waals surface area contributed by atoms with Gasteiger partial charge in [-0.05, 0) is 116 Å². The molecule has 1 N–H and O–H groups in total. The molecule has 0 aromatic rings. The van der Waals surface area contributed by atoms with Crippen LogP contribution in [0.5, 0.6) is 0 Å². The van der Waals surface area contributed by atoms with Crippen LogP contribution in [0, 0.1) is 0 Å². The third kappa shape index (κ3) is 74.2. The molecule has 502 valence electrons. The average Bonchev–Trinajstić information content (AvgIpc) is 3.54. The summed E-state index contributed by atoms with van der Waals surface area (Å²) < 4.78 is 10.8. The van der Waals surface area contributed by atoms with E-state index < -0.39 is 6.10 Å². The topological polar surface area (TPSA) is 72.8 Å². The van der Waals surface area contributed by atoms with Gasteiger partial charge in [0.1, 0.15) is 6.61 Å². The highest BCUT2D eigenvalue weighted by Gasteiger charge is 2.16. The van der Waals surface area contributed by atoms with E-state index in [2.05, 4.69) is 160 Å². The number of carbonyl (C=O) groups is 2. The molecule has 0 saturated heterocycles. The number of hydrogen-bond acceptors (Lipinski definition) is 5. The maximum Gasteiger partial charge on any atom is 0.306 e. The van der Waals surface area contributed by atoms with Crippen LogP contribution in [0.3, 0.4) is 0 Å². The second kappa shape index (κ2) is 77.0. The maximum absolute atomic E-state index is 12.4. The zero-order chi connectivity index (χ0) is 63.3. The van der Waals surface area contributed by atoms with E-state index in [1.807, 2.05) is 0 Å². The fourth-order valence-electron chi connectivity index (χ4n) is 10.6. The number of aliphatic hydroxyl groups is 1. The fourth-order valence-corrected chi connectivity index (χ4v) is 10.6. The van der Waals surface area contributed by atoms with Crippen molar-refractivity contribution in [3.63, 3.8) is 0 Å². The van der Waals surface area contributed by atoms with Crippen LogP contribution >= 0.6 is 0 Å². The number of esters is 2. The molecule has 0 aliphatic rings. The minimum Gasteiger partial charge on any atom is -0.462 e. The summed E-state index contributed by atoms with van der Waals surface area (Å²) >= 11 is 0. The molecule has 0 saturated carbocycles. The molecule has 88 heavy (non-hydrogen) atoms. The van der Waals surface area contributed by atoms with Crippen molar-refractivity contribution in [3.05, 3.63) is 146 Å². The second-order valence-electron chi connectivity index (χ2n) is 24.6. The highest BCUT2D eigenvalue weighted by Crippen LogP contribution is 2.18. The van der Waals surface area contributed by atoms with Crippen LogP contribution in [-0.2, 0) is 19.1 Å². The van der Waals surface area contributed by atoms with Crippen molar-refractivity contribution in [3.8, 4) is 0 Å². The Kier molecular flexibility index (Phi) is 73.3. The van der Waals surface area contributed by atoms with E-state index in [1.165, 1.54) is 205 Å². The lowest BCUT2D eigenvalue weighted by molar-refractivity contribution is -0.161. The van der Waals surface area contributed by atoms with Gasteiger partial charge in [0, 0.05) is 12.8 Å². The summed E-state index contributed by atoms with van der Waals surface area (Å²) in [4.78, 5) is 24.7. The summed E-state index contributed by atoms with van der Waals surface area (Å²) in [6, 6.07) is 0. The molecule has 5 nitrogen and oxygen atoms in total. The van der Waals surface area contributed by atoms with E-state index >= 15 is 0 Å². The van der Waals surface area contributed by atoms with E-state index in [-0.39, 0.29) is 25.2 Å². The first-order chi connectivity index (χ1) is 43.6. The van der Waals surface area contributed by atoms with Crippen LogP contribution in [-0.4, -0.2) is 36.4 Å². The molecule has 0 aromatic heterocycles. The smallest absolute Gasteiger partial charge is 0.306 e. The van der Waals surface area contributed by atoms with Crippen LogP contribution in [0.4, 0.5) is 0 Å². The molecule has 0 heterocycles. The molecule has 0 bridgehead atoms. The van der Waals surface area contributed by atoms with Crippen LogP contribution in [0.25, 0.3) is 0 Å². The third-order valence-electron chi connectivity index (χ3n) is 16.1. The number of unbranched alkanes of at least 4 members (excludes halogenated alkanes) is 36. The summed E-state index contributed by atoms with van der Waals surface area (Å²) in [5, 5.41) is 9.72. The highest BCUT2D eigenvalue weighted by atomic mass is 16.6. The van der Waals surface area contributed by atoms with E-state index in [4.69, 9.17) is 9.47 Å². The fraction of sp³-hybridized carbons (Fsp3) is 0.687. The molecule has 0 radical (unpaired) electrons. The minimum absolute atomic E-state index is 0.0673. The van der Waals surface area contributed by atoms with Gasteiger partial charge < -0.3 is 14.6 Å². The van der Waals surface area contributed by atoms with Gasteiger partial charge in [0.05, 0.1) is 6.61 Å². The van der Waals surface area contributed by atoms with Gasteiger partial charge in [-0.25, -0.2) is 0 Å². The molecule has 5 heteroatoms. The van der Waals surface area contributed by atoms with Crippen LogP contribution in [0.2, 0.25) is 0 Å². The summed E-state index contributed by atoms with van der Waals surface area (Å²) in [6.45, 7) is 3.94. The zero-order valence-electron chi connectivity index (χ0n) is 57.7. The first-order valence-electron chi connectivity index (χ1n) is 37.4. The molecule has 0 aromatic carbocycles. The monoisotopic (exact) mass is 1220 g/mol. The highest BCUT2D eigenvalue weighted by molar-refractivity contribution is 5.70. The Labute approximate surface area is 546 Å². The van der Waals surface area contributed by atoms with Crippen molar-refractivity contribution in [1.29, 1.82) is 0 Å². The van der Waals surface area contributed by atoms with Crippen molar-refractivity contribution >= 4 is 11.9 Å². The van der Waals surface area contributed by atoms with Crippen molar-refractivity contribution in [1.82, 2.24) is 0 Å². The number of carbonyl (C=O) groups excluding carboxylic acids is 2. The minimum atomic E-state index is -0.779. The predicted molar refractivity (Wildman–Crippen MR) is 389 cm³/mol. The van der Waals surface area contributed by atoms with Crippen molar-refractivity contribution in [2.24, 2.45) is 0 Å². The van der Waals surface area contributed by atoms with Crippen LogP contribution in [0.1, 0.15) is 348 Å². The summed E-state index contributed by atoms with van der Waals surface area (Å²) in [7, 11) is 0. The number of hydrogen-bond donors (Lipinski definition) is 1. The van der Waals surface area contributed by atoms with E-state index in [1.54, 1.807) is 0 Å². The molecule has 1 atom stereocenters. The molecule has 0 spiro atoms. The Morgan fingerprint density at radius 3 is 0.682 bits per heavy atom. The standard InChI is InChI=1S/C83H140O5/c1-3-5-7-9-11-13-15-17-19-21-23-25-27-29-31-33-35-37-39-40-41-42-44-46-48-50-52-54-56-58-60-62-64-66-68-70-72-74-76-78-83(86)88-81(79-84)80-87-82(85)77-75-73-71-69-67-65-63-61-59-57-55-53-51-49-47-45-43-38-36-34-32-30-28-26-24-22-20-18-16-14-12-10-8-6-4-2/h5-8,11-14,17-20,23-26,29-32,35,37,40-41,81,84H,3-4,9-10,15-16,21-22,27-28,33-34,36,38-39,42-80H2,1-2H3/b7-5-,8-6-,13-11-,14-12-,19-17-,20-18-,25-23-,26-24-,31-29-,32-30-,37-35-,41-40-. The normalized spacial score (nSPS) is 13.1. The lowest BCUT2D eigenvalue weighted by Crippen LogP contribution is -2.28. The van der Waals surface area contributed by atoms with Gasteiger partial charge in [-0.1, -0.05) is 365 Å². The molecule has 1 unspecified atom stereocenters. The first-order valence-corrected chi connectivity index (χ1v) is 37.4. The quantitative estimate of drug-likeness (QED) is 0.0373. The molecule has 0 fully saturated rings. The average molecular weight is 1220 g/mol. The molecular weight excluding hydrogens is 1080 g/mol. The van der Waals surface area contributed by atoms with Gasteiger partial charge in [-0.2, -0.15) is 0 Å². The van der Waals surface area contributed by atoms with E-state index in [9.17, 15) is 14.7 Å². The SMILES string of the molecule is CC/C=C\C/C=C\C/C=C\C/C=C\C/C=C\C/C=C\C/C=C\CCCCCCCCCCCCCCCCCCCC(=O)OC(CO)COC(=O)CCCCCCCCCCCCCCCCCCCCC/C=C\C/C=C\C/C=C\C/C=C\C/C=C\CC. The van der Waals surface area contributed by atoms with Crippen LogP contribution in [0.15, 0.2) is 146 Å². The van der Waals surface area contributed by atoms with Crippen molar-refractivity contribution in [2.75, 3.05) is 13.2 Å². The lowest BCUT2D eigenvalue weighted by Gasteiger charge is -2.15. The summed E-state index contributed by atoms with van der Waals surface area (Å²) in [6.07, 6.45) is 116. The van der Waals surface area contributed by atoms with Gasteiger partial charge in [0.15, 0.2) is 6.10 Å². The largest absolute Gasteiger partial charge is 0.462 e. The summed E-state index contributed by atoms with van der Waals surface area (Å²) in [5.41, 5.74) is 0. The molecule has 0 rings (SSSR count). The number of allylic oxidation sites excluding steroid dienone is 24. The van der Waals surface area contributed by atoms with Crippen molar-refractivity contribution < 1.29 is 24.2 Å². The van der Waals surface area contributed by atoms with Crippen molar-refractivity contribution in [2.45, 2.75) is 354 Å². The molecule has 0 aliphatic carbocycles. The Morgan fingerprint density at radius 1 is 0.261 bits per heavy atom. The first kappa shape index (κ1) is 83.8. The Hall–Kier alpha value is -4.22. The maximum atomic E-state index is 12.4. The molecule has 0 amide bonds. The predicted octanol–water partition coefficient (Wildman–Crippen LogP) is 26.4. The van der Waals surface area contributed by atoms with E-state index in [0.29, 0.717) is 12.8 Å². The second-order valence-corrected chi connectivity index (χ2v) is 24.6. The third-order valence-corrected chi connectivity index (χ3v) is 16.1. The number of ether oxygens (including phenoxy) is 2. The Morgan fingerprint density at radius 2 is 0.455 bits per heavy atom. The van der Waals surface area contributed by atoms with Gasteiger partial charge in [0.25, 0.3) is 0 Å². The Bertz CT molecular complexity index is 1810. The Balaban J connectivity index is 3.46. The van der Waals surface area contributed by atoms with Gasteiger partial charge >= 0.3 is 11.9 Å². The van der Waals surface area contributed by atoms with Gasteiger partial charge in [-0.3, -0.25) is 9.59 Å². The molecular formula is C83H140O5. The number of rotatable bonds is 68. The number of aliphatic hydroxyl groups excluding tert-OH is 1. The van der Waals surface area contributed by atoms with Gasteiger partial charge in [-0.15, -0.1) is 0 Å². The zero-order valence-corrected chi connectivity index (χ0v) is 57.7. The lowest BCUT2D eigenvalue weighted by atomic mass is 10.0. The van der Waals surface area contributed by atoms with Gasteiger partial charge in [0.2, 0.25) is 0 Å².